The van der Waals surface area contributed by atoms with E-state index < -0.39 is 11.6 Å². The summed E-state index contributed by atoms with van der Waals surface area (Å²) >= 11 is 6.30. The first-order valence-corrected chi connectivity index (χ1v) is 10.9. The lowest BCUT2D eigenvalue weighted by Crippen LogP contribution is -2.40. The van der Waals surface area contributed by atoms with Crippen molar-refractivity contribution in [2.24, 2.45) is 14.1 Å². The number of hydrogen-bond acceptors (Lipinski definition) is 3. The number of ether oxygens (including phenoxy) is 1. The molecule has 1 aliphatic rings. The fraction of sp³-hybridized carbons (Fsp3) is 0.280. The maximum Gasteiger partial charge on any atom is 0.331 e. The van der Waals surface area contributed by atoms with Crippen molar-refractivity contribution in [3.63, 3.8) is 0 Å². The van der Waals surface area contributed by atoms with Gasteiger partial charge >= 0.3 is 5.69 Å². The van der Waals surface area contributed by atoms with Crippen LogP contribution in [0.5, 0.6) is 0 Å². The van der Waals surface area contributed by atoms with Gasteiger partial charge in [-0.15, -0.1) is 0 Å². The highest BCUT2D eigenvalue weighted by Crippen LogP contribution is 2.45. The molecule has 0 amide bonds. The Hall–Kier alpha value is -3.09. The highest BCUT2D eigenvalue weighted by atomic mass is 35.5. The molecule has 5 rings (SSSR count). The lowest BCUT2D eigenvalue weighted by molar-refractivity contribution is -0.00706. The van der Waals surface area contributed by atoms with Gasteiger partial charge in [-0.1, -0.05) is 54.1 Å². The van der Waals surface area contributed by atoms with E-state index in [0.29, 0.717) is 22.5 Å². The van der Waals surface area contributed by atoms with Crippen LogP contribution in [0.15, 0.2) is 64.2 Å². The summed E-state index contributed by atoms with van der Waals surface area (Å²) in [7, 11) is 3.22. The third kappa shape index (κ3) is 2.90. The SMILES string of the molecule is Cn1c(=O)c2c(-c3ccccc3)n3c(c2n(C)c1=O)[C@@H](c1cccc(Cl)c1)OCC3(C)C. The second-order valence-corrected chi connectivity index (χ2v) is 9.36. The maximum atomic E-state index is 13.5. The van der Waals surface area contributed by atoms with Crippen LogP contribution >= 0.6 is 11.6 Å². The number of hydrogen-bond donors (Lipinski definition) is 0. The molecule has 6 nitrogen and oxygen atoms in total. The van der Waals surface area contributed by atoms with Crippen molar-refractivity contribution < 1.29 is 4.74 Å². The molecule has 0 N–H and O–H groups in total. The van der Waals surface area contributed by atoms with Gasteiger partial charge in [0.05, 0.1) is 34.4 Å². The number of rotatable bonds is 2. The molecule has 2 aromatic carbocycles. The summed E-state index contributed by atoms with van der Waals surface area (Å²) < 4.78 is 11.3. The maximum absolute atomic E-state index is 13.5. The second kappa shape index (κ2) is 7.22. The van der Waals surface area contributed by atoms with Crippen molar-refractivity contribution in [2.45, 2.75) is 25.5 Å². The van der Waals surface area contributed by atoms with Crippen LogP contribution in [0.1, 0.15) is 31.2 Å². The molecule has 0 unspecified atom stereocenters. The highest BCUT2D eigenvalue weighted by Gasteiger charge is 2.40. The van der Waals surface area contributed by atoms with Gasteiger partial charge < -0.3 is 9.30 Å². The Morgan fingerprint density at radius 3 is 2.41 bits per heavy atom. The summed E-state index contributed by atoms with van der Waals surface area (Å²) in [6.45, 7) is 4.60. The number of aromatic nitrogens is 3. The number of nitrogens with zero attached hydrogens (tertiary/aromatic N) is 3. The summed E-state index contributed by atoms with van der Waals surface area (Å²) in [5.74, 6) is 0. The second-order valence-electron chi connectivity index (χ2n) is 8.92. The molecule has 32 heavy (non-hydrogen) atoms. The van der Waals surface area contributed by atoms with Gasteiger partial charge in [0.1, 0.15) is 6.10 Å². The third-order valence-electron chi connectivity index (χ3n) is 6.26. The Kier molecular flexibility index (Phi) is 4.69. The molecule has 0 bridgehead atoms. The summed E-state index contributed by atoms with van der Waals surface area (Å²) in [6, 6.07) is 17.4. The predicted molar refractivity (Wildman–Crippen MR) is 126 cm³/mol. The van der Waals surface area contributed by atoms with Gasteiger partial charge in [0.25, 0.3) is 5.56 Å². The zero-order valence-electron chi connectivity index (χ0n) is 18.4. The standard InChI is InChI=1S/C25H24ClN3O3/c1-25(2)14-32-22(16-11-8-12-17(26)13-16)21-20-18(23(30)28(4)24(31)27(20)3)19(29(21)25)15-9-6-5-7-10-15/h5-13,22H,14H2,1-4H3/t22-/m1/s1. The smallest absolute Gasteiger partial charge is 0.331 e. The molecule has 0 radical (unpaired) electrons. The lowest BCUT2D eigenvalue weighted by atomic mass is 9.98. The normalized spacial score (nSPS) is 17.5. The van der Waals surface area contributed by atoms with Crippen LogP contribution in [0.3, 0.4) is 0 Å². The lowest BCUT2D eigenvalue weighted by Gasteiger charge is -2.39. The average molecular weight is 450 g/mol. The molecule has 0 saturated carbocycles. The van der Waals surface area contributed by atoms with Crippen LogP contribution < -0.4 is 11.2 Å². The zero-order valence-corrected chi connectivity index (χ0v) is 19.2. The molecule has 0 saturated heterocycles. The van der Waals surface area contributed by atoms with Crippen molar-refractivity contribution in [3.8, 4) is 11.3 Å². The third-order valence-corrected chi connectivity index (χ3v) is 6.50. The minimum Gasteiger partial charge on any atom is -0.365 e. The Bertz CT molecular complexity index is 1480. The van der Waals surface area contributed by atoms with E-state index in [1.54, 1.807) is 11.6 Å². The quantitative estimate of drug-likeness (QED) is 0.460. The molecular weight excluding hydrogens is 426 g/mol. The number of benzene rings is 2. The van der Waals surface area contributed by atoms with Gasteiger partial charge in [-0.3, -0.25) is 13.9 Å². The van der Waals surface area contributed by atoms with E-state index in [-0.39, 0.29) is 11.2 Å². The molecule has 4 aromatic rings. The van der Waals surface area contributed by atoms with Crippen LogP contribution in [0.2, 0.25) is 5.02 Å². The van der Waals surface area contributed by atoms with E-state index in [2.05, 4.69) is 18.4 Å². The van der Waals surface area contributed by atoms with Crippen LogP contribution in [-0.2, 0) is 24.4 Å². The predicted octanol–water partition coefficient (Wildman–Crippen LogP) is 4.21. The van der Waals surface area contributed by atoms with Crippen molar-refractivity contribution >= 4 is 22.5 Å². The first-order chi connectivity index (χ1) is 15.2. The zero-order chi connectivity index (χ0) is 22.8. The first-order valence-electron chi connectivity index (χ1n) is 10.5. The Balaban J connectivity index is 2.02. The molecule has 0 fully saturated rings. The fourth-order valence-electron chi connectivity index (χ4n) is 4.79. The monoisotopic (exact) mass is 449 g/mol. The minimum atomic E-state index is -0.473. The molecule has 3 heterocycles. The van der Waals surface area contributed by atoms with Gasteiger partial charge in [0.2, 0.25) is 0 Å². The summed E-state index contributed by atoms with van der Waals surface area (Å²) in [5.41, 5.74) is 2.83. The van der Waals surface area contributed by atoms with Crippen LogP contribution in [0.25, 0.3) is 22.2 Å². The van der Waals surface area contributed by atoms with E-state index in [9.17, 15) is 9.59 Å². The van der Waals surface area contributed by atoms with Gasteiger partial charge in [0, 0.05) is 19.1 Å². The molecule has 164 valence electrons. The first kappa shape index (κ1) is 20.8. The number of aryl methyl sites for hydroxylation is 1. The van der Waals surface area contributed by atoms with E-state index in [1.807, 2.05) is 54.6 Å². The van der Waals surface area contributed by atoms with E-state index in [0.717, 1.165) is 22.5 Å². The molecular formula is C25H24ClN3O3. The van der Waals surface area contributed by atoms with Gasteiger partial charge in [-0.2, -0.15) is 0 Å². The average Bonchev–Trinajstić information content (AvgIpc) is 3.14. The molecule has 2 aromatic heterocycles. The topological polar surface area (TPSA) is 58.2 Å². The molecule has 0 aliphatic carbocycles. The van der Waals surface area contributed by atoms with Crippen molar-refractivity contribution in [1.29, 1.82) is 0 Å². The number of halogens is 1. The molecule has 7 heteroatoms. The molecule has 0 spiro atoms. The van der Waals surface area contributed by atoms with Gasteiger partial charge in [-0.05, 0) is 37.1 Å². The summed E-state index contributed by atoms with van der Waals surface area (Å²) in [5, 5.41) is 1.12. The molecule has 1 aliphatic heterocycles. The number of fused-ring (bicyclic) bond motifs is 3. The van der Waals surface area contributed by atoms with E-state index in [4.69, 9.17) is 16.3 Å². The Morgan fingerprint density at radius 1 is 1.00 bits per heavy atom. The minimum absolute atomic E-state index is 0.315. The molecule has 1 atom stereocenters. The summed E-state index contributed by atoms with van der Waals surface area (Å²) in [6.07, 6.45) is -0.473. The van der Waals surface area contributed by atoms with Crippen molar-refractivity contribution in [2.75, 3.05) is 6.61 Å². The summed E-state index contributed by atoms with van der Waals surface area (Å²) in [4.78, 5) is 26.4. The van der Waals surface area contributed by atoms with Crippen LogP contribution in [0, 0.1) is 0 Å². The Labute approximate surface area is 190 Å². The van der Waals surface area contributed by atoms with Crippen LogP contribution in [-0.4, -0.2) is 20.3 Å². The van der Waals surface area contributed by atoms with Crippen molar-refractivity contribution in [1.82, 2.24) is 13.7 Å². The fourth-order valence-corrected chi connectivity index (χ4v) is 4.99. The van der Waals surface area contributed by atoms with E-state index >= 15 is 0 Å². The van der Waals surface area contributed by atoms with Gasteiger partial charge in [-0.25, -0.2) is 4.79 Å². The Morgan fingerprint density at radius 2 is 1.72 bits per heavy atom. The largest absolute Gasteiger partial charge is 0.365 e. The van der Waals surface area contributed by atoms with Gasteiger partial charge in [0.15, 0.2) is 0 Å². The van der Waals surface area contributed by atoms with Crippen LogP contribution in [0.4, 0.5) is 0 Å². The van der Waals surface area contributed by atoms with E-state index in [1.165, 1.54) is 11.6 Å². The highest BCUT2D eigenvalue weighted by molar-refractivity contribution is 6.30. The van der Waals surface area contributed by atoms with Crippen molar-refractivity contribution in [3.05, 3.63) is 91.7 Å².